The quantitative estimate of drug-likeness (QED) is 0.789. The summed E-state index contributed by atoms with van der Waals surface area (Å²) in [6.07, 6.45) is 5.36. The summed E-state index contributed by atoms with van der Waals surface area (Å²) >= 11 is 6.03. The summed E-state index contributed by atoms with van der Waals surface area (Å²) in [5.41, 5.74) is 1.27. The maximum absolute atomic E-state index is 6.03. The molecule has 2 atom stereocenters. The molecule has 20 heavy (non-hydrogen) atoms. The fourth-order valence-electron chi connectivity index (χ4n) is 2.98. The van der Waals surface area contributed by atoms with Gasteiger partial charge in [-0.25, -0.2) is 0 Å². The molecular formula is C17H27ClN2. The molecular weight excluding hydrogens is 268 g/mol. The Hall–Kier alpha value is -0.570. The number of nitrogens with one attached hydrogen (secondary N) is 1. The highest BCUT2D eigenvalue weighted by Gasteiger charge is 2.17. The van der Waals surface area contributed by atoms with Gasteiger partial charge < -0.3 is 10.2 Å². The first-order chi connectivity index (χ1) is 9.66. The van der Waals surface area contributed by atoms with E-state index in [1.165, 1.54) is 44.3 Å². The lowest BCUT2D eigenvalue weighted by molar-refractivity contribution is 0.158. The number of piperidine rings is 1. The second-order valence-electron chi connectivity index (χ2n) is 5.97. The number of rotatable bonds is 6. The predicted molar refractivity (Wildman–Crippen MR) is 87.4 cm³/mol. The molecule has 2 nitrogen and oxygen atoms in total. The van der Waals surface area contributed by atoms with Crippen LogP contribution in [0.5, 0.6) is 0 Å². The lowest BCUT2D eigenvalue weighted by Gasteiger charge is -2.33. The third-order valence-corrected chi connectivity index (χ3v) is 4.60. The van der Waals surface area contributed by atoms with Crippen LogP contribution >= 0.6 is 11.6 Å². The first-order valence-corrected chi connectivity index (χ1v) is 8.27. The standard InChI is InChI=1S/C17H27ClN2/c1-14-7-3-4-11-20(14)12-6-10-19-15(2)16-8-5-9-17(18)13-16/h5,8-9,13-15,19H,3-4,6-7,10-12H2,1-2H3. The monoisotopic (exact) mass is 294 g/mol. The molecule has 1 aromatic rings. The molecule has 1 N–H and O–H groups in total. The van der Waals surface area contributed by atoms with E-state index in [1.54, 1.807) is 0 Å². The van der Waals surface area contributed by atoms with Crippen LogP contribution in [0.15, 0.2) is 24.3 Å². The summed E-state index contributed by atoms with van der Waals surface area (Å²) in [5, 5.41) is 4.41. The molecule has 1 aromatic carbocycles. The average molecular weight is 295 g/mol. The van der Waals surface area contributed by atoms with E-state index in [2.05, 4.69) is 30.1 Å². The molecule has 0 aliphatic carbocycles. The van der Waals surface area contributed by atoms with Crippen molar-refractivity contribution < 1.29 is 0 Å². The lowest BCUT2D eigenvalue weighted by atomic mass is 10.0. The van der Waals surface area contributed by atoms with Gasteiger partial charge in [-0.1, -0.05) is 30.2 Å². The Bertz CT molecular complexity index is 408. The van der Waals surface area contributed by atoms with E-state index in [-0.39, 0.29) is 0 Å². The molecule has 112 valence electrons. The third-order valence-electron chi connectivity index (χ3n) is 4.36. The minimum atomic E-state index is 0.368. The molecule has 1 heterocycles. The molecule has 1 aliphatic heterocycles. The Labute approximate surface area is 128 Å². The van der Waals surface area contributed by atoms with Crippen LogP contribution < -0.4 is 5.32 Å². The summed E-state index contributed by atoms with van der Waals surface area (Å²) in [6, 6.07) is 9.27. The normalized spacial score (nSPS) is 21.9. The zero-order valence-electron chi connectivity index (χ0n) is 12.7. The summed E-state index contributed by atoms with van der Waals surface area (Å²) in [5.74, 6) is 0. The van der Waals surface area contributed by atoms with E-state index >= 15 is 0 Å². The number of benzene rings is 1. The van der Waals surface area contributed by atoms with Gasteiger partial charge in [-0.2, -0.15) is 0 Å². The largest absolute Gasteiger partial charge is 0.310 e. The van der Waals surface area contributed by atoms with E-state index in [0.29, 0.717) is 6.04 Å². The zero-order chi connectivity index (χ0) is 14.4. The summed E-state index contributed by atoms with van der Waals surface area (Å²) in [4.78, 5) is 2.63. The summed E-state index contributed by atoms with van der Waals surface area (Å²) in [7, 11) is 0. The van der Waals surface area contributed by atoms with Crippen LogP contribution in [0, 0.1) is 0 Å². The molecule has 0 saturated carbocycles. The first-order valence-electron chi connectivity index (χ1n) is 7.89. The fraction of sp³-hybridized carbons (Fsp3) is 0.647. The zero-order valence-corrected chi connectivity index (χ0v) is 13.5. The van der Waals surface area contributed by atoms with Gasteiger partial charge in [0.2, 0.25) is 0 Å². The predicted octanol–water partition coefficient (Wildman–Crippen LogP) is 4.26. The van der Waals surface area contributed by atoms with Crippen molar-refractivity contribution >= 4 is 11.6 Å². The molecule has 1 saturated heterocycles. The van der Waals surface area contributed by atoms with Gasteiger partial charge in [0.1, 0.15) is 0 Å². The highest BCUT2D eigenvalue weighted by molar-refractivity contribution is 6.30. The Morgan fingerprint density at radius 3 is 3.00 bits per heavy atom. The van der Waals surface area contributed by atoms with Crippen LogP contribution in [0.1, 0.15) is 51.1 Å². The average Bonchev–Trinajstić information content (AvgIpc) is 2.45. The van der Waals surface area contributed by atoms with Gasteiger partial charge >= 0.3 is 0 Å². The van der Waals surface area contributed by atoms with E-state index in [9.17, 15) is 0 Å². The third kappa shape index (κ3) is 4.76. The Kier molecular flexibility index (Phi) is 6.34. The number of hydrogen-bond acceptors (Lipinski definition) is 2. The molecule has 2 rings (SSSR count). The number of halogens is 1. The van der Waals surface area contributed by atoms with Gasteiger partial charge in [-0.15, -0.1) is 0 Å². The number of nitrogens with zero attached hydrogens (tertiary/aromatic N) is 1. The van der Waals surface area contributed by atoms with Gasteiger partial charge in [0.25, 0.3) is 0 Å². The number of likely N-dealkylation sites (tertiary alicyclic amines) is 1. The number of hydrogen-bond donors (Lipinski definition) is 1. The summed E-state index contributed by atoms with van der Waals surface area (Å²) < 4.78 is 0. The fourth-order valence-corrected chi connectivity index (χ4v) is 3.18. The van der Waals surface area contributed by atoms with Crippen LogP contribution in [-0.4, -0.2) is 30.6 Å². The van der Waals surface area contributed by atoms with Gasteiger partial charge in [0.15, 0.2) is 0 Å². The van der Waals surface area contributed by atoms with Crippen molar-refractivity contribution in [1.82, 2.24) is 10.2 Å². The van der Waals surface area contributed by atoms with Crippen LogP contribution in [0.3, 0.4) is 0 Å². The minimum absolute atomic E-state index is 0.368. The van der Waals surface area contributed by atoms with Crippen LogP contribution in [0.25, 0.3) is 0 Å². The van der Waals surface area contributed by atoms with Gasteiger partial charge in [-0.05, 0) is 70.4 Å². The second kappa shape index (κ2) is 8.02. The van der Waals surface area contributed by atoms with Crippen LogP contribution in [0.4, 0.5) is 0 Å². The van der Waals surface area contributed by atoms with Crippen LogP contribution in [0.2, 0.25) is 5.02 Å². The van der Waals surface area contributed by atoms with Crippen molar-refractivity contribution in [3.63, 3.8) is 0 Å². The van der Waals surface area contributed by atoms with Gasteiger partial charge in [0.05, 0.1) is 0 Å². The van der Waals surface area contributed by atoms with Crippen molar-refractivity contribution in [2.45, 2.75) is 51.6 Å². The van der Waals surface area contributed by atoms with E-state index < -0.39 is 0 Å². The minimum Gasteiger partial charge on any atom is -0.310 e. The highest BCUT2D eigenvalue weighted by atomic mass is 35.5. The smallest absolute Gasteiger partial charge is 0.0409 e. The molecule has 0 spiro atoms. The molecule has 0 aromatic heterocycles. The topological polar surface area (TPSA) is 15.3 Å². The molecule has 0 amide bonds. The maximum Gasteiger partial charge on any atom is 0.0409 e. The molecule has 2 unspecified atom stereocenters. The van der Waals surface area contributed by atoms with E-state index in [0.717, 1.165) is 17.6 Å². The Morgan fingerprint density at radius 2 is 2.25 bits per heavy atom. The van der Waals surface area contributed by atoms with Crippen molar-refractivity contribution in [3.05, 3.63) is 34.9 Å². The van der Waals surface area contributed by atoms with Crippen molar-refractivity contribution in [2.24, 2.45) is 0 Å². The lowest BCUT2D eigenvalue weighted by Crippen LogP contribution is -2.39. The Morgan fingerprint density at radius 1 is 1.40 bits per heavy atom. The second-order valence-corrected chi connectivity index (χ2v) is 6.40. The summed E-state index contributed by atoms with van der Waals surface area (Å²) in [6.45, 7) is 8.13. The molecule has 1 fully saturated rings. The van der Waals surface area contributed by atoms with Crippen LogP contribution in [-0.2, 0) is 0 Å². The highest BCUT2D eigenvalue weighted by Crippen LogP contribution is 2.18. The first kappa shape index (κ1) is 15.8. The van der Waals surface area contributed by atoms with Gasteiger partial charge in [0, 0.05) is 17.1 Å². The molecule has 0 bridgehead atoms. The Balaban J connectivity index is 1.67. The maximum atomic E-state index is 6.03. The molecule has 0 radical (unpaired) electrons. The molecule has 1 aliphatic rings. The molecule has 3 heteroatoms. The van der Waals surface area contributed by atoms with E-state index in [4.69, 9.17) is 11.6 Å². The van der Waals surface area contributed by atoms with E-state index in [1.807, 2.05) is 18.2 Å². The van der Waals surface area contributed by atoms with Crippen molar-refractivity contribution in [3.8, 4) is 0 Å². The van der Waals surface area contributed by atoms with Gasteiger partial charge in [-0.3, -0.25) is 0 Å². The van der Waals surface area contributed by atoms with Crippen molar-refractivity contribution in [1.29, 1.82) is 0 Å². The van der Waals surface area contributed by atoms with Crippen molar-refractivity contribution in [2.75, 3.05) is 19.6 Å². The SMILES string of the molecule is CC(NCCCN1CCCCC1C)c1cccc(Cl)c1.